The van der Waals surface area contributed by atoms with Crippen molar-refractivity contribution in [2.75, 3.05) is 26.2 Å². The molecule has 0 aliphatic carbocycles. The maximum atomic E-state index is 13.3. The van der Waals surface area contributed by atoms with Gasteiger partial charge in [0.1, 0.15) is 11.5 Å². The number of nitrogens with zero attached hydrogens (tertiary/aromatic N) is 2. The summed E-state index contributed by atoms with van der Waals surface area (Å²) >= 11 is 0. The minimum Gasteiger partial charge on any atom is -0.507 e. The van der Waals surface area contributed by atoms with Crippen molar-refractivity contribution >= 4 is 17.4 Å². The average molecular weight is 466 g/mol. The van der Waals surface area contributed by atoms with E-state index in [4.69, 9.17) is 4.74 Å². The maximum Gasteiger partial charge on any atom is 0.295 e. The van der Waals surface area contributed by atoms with Crippen molar-refractivity contribution in [3.63, 3.8) is 0 Å². The van der Waals surface area contributed by atoms with E-state index in [1.165, 1.54) is 0 Å². The van der Waals surface area contributed by atoms with Crippen LogP contribution in [0.1, 0.15) is 60.8 Å². The molecule has 182 valence electrons. The van der Waals surface area contributed by atoms with Crippen LogP contribution in [0.25, 0.3) is 5.76 Å². The molecule has 3 heterocycles. The van der Waals surface area contributed by atoms with E-state index >= 15 is 0 Å². The first-order chi connectivity index (χ1) is 16.2. The SMILES string of the molecule is Cc1[nH]c(C)c(/C(O)=C2\C(=O)C(=O)N(CCN3CCCC3)C2c2cccc(OC(C)C)c2)c1C. The van der Waals surface area contributed by atoms with Gasteiger partial charge in [0.25, 0.3) is 11.7 Å². The predicted octanol–water partition coefficient (Wildman–Crippen LogP) is 4.24. The van der Waals surface area contributed by atoms with Gasteiger partial charge in [0.2, 0.25) is 0 Å². The number of carbonyl (C=O) groups excluding carboxylic acids is 2. The monoisotopic (exact) mass is 465 g/mol. The number of hydrogen-bond donors (Lipinski definition) is 2. The normalized spacial score (nSPS) is 20.6. The molecule has 34 heavy (non-hydrogen) atoms. The van der Waals surface area contributed by atoms with E-state index < -0.39 is 17.7 Å². The number of aromatic nitrogens is 1. The minimum atomic E-state index is -0.674. The predicted molar refractivity (Wildman–Crippen MR) is 132 cm³/mol. The summed E-state index contributed by atoms with van der Waals surface area (Å²) in [6.07, 6.45) is 2.30. The molecule has 7 heteroatoms. The lowest BCUT2D eigenvalue weighted by atomic mass is 9.94. The fourth-order valence-corrected chi connectivity index (χ4v) is 5.14. The van der Waals surface area contributed by atoms with Gasteiger partial charge in [-0.3, -0.25) is 9.59 Å². The van der Waals surface area contributed by atoms with Crippen molar-refractivity contribution in [3.05, 3.63) is 57.9 Å². The first-order valence-corrected chi connectivity index (χ1v) is 12.1. The summed E-state index contributed by atoms with van der Waals surface area (Å²) < 4.78 is 5.89. The summed E-state index contributed by atoms with van der Waals surface area (Å²) in [6.45, 7) is 12.7. The lowest BCUT2D eigenvalue weighted by molar-refractivity contribution is -0.140. The third-order valence-corrected chi connectivity index (χ3v) is 6.87. The van der Waals surface area contributed by atoms with Crippen LogP contribution in [0.15, 0.2) is 29.8 Å². The summed E-state index contributed by atoms with van der Waals surface area (Å²) in [7, 11) is 0. The maximum absolute atomic E-state index is 13.3. The molecule has 0 bridgehead atoms. The van der Waals surface area contributed by atoms with Gasteiger partial charge in [-0.15, -0.1) is 0 Å². The topological polar surface area (TPSA) is 85.9 Å². The van der Waals surface area contributed by atoms with E-state index in [0.29, 0.717) is 24.4 Å². The summed E-state index contributed by atoms with van der Waals surface area (Å²) in [4.78, 5) is 33.8. The van der Waals surface area contributed by atoms with Gasteiger partial charge in [0, 0.05) is 30.0 Å². The van der Waals surface area contributed by atoms with Crippen molar-refractivity contribution in [2.45, 2.75) is 59.6 Å². The molecule has 0 spiro atoms. The average Bonchev–Trinajstić information content (AvgIpc) is 3.45. The number of ether oxygens (including phenoxy) is 1. The minimum absolute atomic E-state index is 0.00935. The van der Waals surface area contributed by atoms with E-state index in [9.17, 15) is 14.7 Å². The first kappa shape index (κ1) is 24.1. The number of ketones is 1. The molecule has 2 aliphatic heterocycles. The molecule has 1 aromatic carbocycles. The molecule has 2 aromatic rings. The number of aryl methyl sites for hydroxylation is 2. The zero-order valence-corrected chi connectivity index (χ0v) is 20.8. The molecule has 1 amide bonds. The van der Waals surface area contributed by atoms with Crippen molar-refractivity contribution < 1.29 is 19.4 Å². The van der Waals surface area contributed by atoms with Gasteiger partial charge in [-0.25, -0.2) is 0 Å². The summed E-state index contributed by atoms with van der Waals surface area (Å²) in [5.74, 6) is -0.663. The Morgan fingerprint density at radius 2 is 1.82 bits per heavy atom. The van der Waals surface area contributed by atoms with Gasteiger partial charge in [-0.2, -0.15) is 0 Å². The smallest absolute Gasteiger partial charge is 0.295 e. The number of nitrogens with one attached hydrogen (secondary N) is 1. The zero-order valence-electron chi connectivity index (χ0n) is 20.8. The van der Waals surface area contributed by atoms with Gasteiger partial charge in [0.05, 0.1) is 17.7 Å². The Kier molecular flexibility index (Phi) is 6.84. The van der Waals surface area contributed by atoms with E-state index in [2.05, 4.69) is 9.88 Å². The van der Waals surface area contributed by atoms with Crippen LogP contribution in [0, 0.1) is 20.8 Å². The highest BCUT2D eigenvalue weighted by Gasteiger charge is 2.46. The number of hydrogen-bond acceptors (Lipinski definition) is 5. The highest BCUT2D eigenvalue weighted by molar-refractivity contribution is 6.46. The second-order valence-corrected chi connectivity index (χ2v) is 9.66. The zero-order chi connectivity index (χ0) is 24.6. The Morgan fingerprint density at radius 3 is 2.44 bits per heavy atom. The molecule has 0 saturated carbocycles. The second-order valence-electron chi connectivity index (χ2n) is 9.66. The van der Waals surface area contributed by atoms with Gasteiger partial charge < -0.3 is 24.6 Å². The summed E-state index contributed by atoms with van der Waals surface area (Å²) in [5, 5.41) is 11.4. The second kappa shape index (κ2) is 9.66. The Bertz CT molecular complexity index is 1120. The Morgan fingerprint density at radius 1 is 1.12 bits per heavy atom. The van der Waals surface area contributed by atoms with E-state index in [0.717, 1.165) is 48.4 Å². The first-order valence-electron chi connectivity index (χ1n) is 12.1. The number of likely N-dealkylation sites (tertiary alicyclic amines) is 2. The third kappa shape index (κ3) is 4.49. The van der Waals surface area contributed by atoms with Crippen molar-refractivity contribution in [3.8, 4) is 5.75 Å². The lowest BCUT2D eigenvalue weighted by Gasteiger charge is -2.27. The number of carbonyl (C=O) groups is 2. The molecule has 2 N–H and O–H groups in total. The number of benzene rings is 1. The number of aliphatic hydroxyl groups is 1. The van der Waals surface area contributed by atoms with E-state index in [-0.39, 0.29) is 17.4 Å². The quantitative estimate of drug-likeness (QED) is 0.363. The number of aromatic amines is 1. The Labute approximate surface area is 201 Å². The van der Waals surface area contributed by atoms with Crippen molar-refractivity contribution in [2.24, 2.45) is 0 Å². The molecule has 2 saturated heterocycles. The largest absolute Gasteiger partial charge is 0.507 e. The molecule has 1 atom stereocenters. The van der Waals surface area contributed by atoms with Crippen LogP contribution >= 0.6 is 0 Å². The molecule has 7 nitrogen and oxygen atoms in total. The van der Waals surface area contributed by atoms with Gasteiger partial charge >= 0.3 is 0 Å². The molecule has 2 aliphatic rings. The molecule has 1 unspecified atom stereocenters. The fraction of sp³-hybridized carbons (Fsp3) is 0.481. The number of rotatable bonds is 7. The highest BCUT2D eigenvalue weighted by Crippen LogP contribution is 2.41. The molecular weight excluding hydrogens is 430 g/mol. The standard InChI is InChI=1S/C27H35N3O4/c1-16(2)34-21-10-8-9-20(15-21)24-23(25(31)22-17(3)18(4)28-19(22)5)26(32)27(33)30(24)14-13-29-11-6-7-12-29/h8-10,15-16,24,28,31H,6-7,11-14H2,1-5H3/b25-23+. The summed E-state index contributed by atoms with van der Waals surface area (Å²) in [5.41, 5.74) is 4.04. The lowest BCUT2D eigenvalue weighted by Crippen LogP contribution is -2.37. The van der Waals surface area contributed by atoms with Gasteiger partial charge in [0.15, 0.2) is 0 Å². The fourth-order valence-electron chi connectivity index (χ4n) is 5.14. The van der Waals surface area contributed by atoms with Crippen LogP contribution < -0.4 is 4.74 Å². The van der Waals surface area contributed by atoms with E-state index in [1.807, 2.05) is 58.9 Å². The Hall–Kier alpha value is -3.06. The van der Waals surface area contributed by atoms with Crippen LogP contribution in [0.3, 0.4) is 0 Å². The van der Waals surface area contributed by atoms with Crippen LogP contribution in [-0.4, -0.2) is 63.9 Å². The third-order valence-electron chi connectivity index (χ3n) is 6.87. The number of amides is 1. The molecule has 2 fully saturated rings. The van der Waals surface area contributed by atoms with Crippen LogP contribution in [-0.2, 0) is 9.59 Å². The molecule has 1 aromatic heterocycles. The van der Waals surface area contributed by atoms with E-state index in [1.54, 1.807) is 4.90 Å². The molecule has 4 rings (SSSR count). The van der Waals surface area contributed by atoms with Crippen LogP contribution in [0.4, 0.5) is 0 Å². The molecule has 0 radical (unpaired) electrons. The van der Waals surface area contributed by atoms with Crippen molar-refractivity contribution in [1.82, 2.24) is 14.8 Å². The number of aliphatic hydroxyl groups excluding tert-OH is 1. The number of H-pyrrole nitrogens is 1. The van der Waals surface area contributed by atoms with Crippen LogP contribution in [0.5, 0.6) is 5.75 Å². The Balaban J connectivity index is 1.81. The van der Waals surface area contributed by atoms with Crippen LogP contribution in [0.2, 0.25) is 0 Å². The van der Waals surface area contributed by atoms with Gasteiger partial charge in [-0.05, 0) is 83.8 Å². The highest BCUT2D eigenvalue weighted by atomic mass is 16.5. The van der Waals surface area contributed by atoms with Crippen molar-refractivity contribution in [1.29, 1.82) is 0 Å². The number of Topliss-reactive ketones (excluding diaryl/α,β-unsaturated/α-hetero) is 1. The van der Waals surface area contributed by atoms with Gasteiger partial charge in [-0.1, -0.05) is 12.1 Å². The molecular formula is C27H35N3O4. The summed E-state index contributed by atoms with van der Waals surface area (Å²) in [6, 6.07) is 6.82.